The van der Waals surface area contributed by atoms with Gasteiger partial charge in [0.25, 0.3) is 0 Å². The second-order valence-corrected chi connectivity index (χ2v) is 5.33. The molecular formula is C14H22ClN. The SMILES string of the molecule is CC(C)C[C@H](NCl)c1cccc(C(C)C)c1. The average Bonchev–Trinajstić information content (AvgIpc) is 2.25. The maximum absolute atomic E-state index is 5.83. The van der Waals surface area contributed by atoms with E-state index < -0.39 is 0 Å². The predicted octanol–water partition coefficient (Wildman–Crippen LogP) is 4.64. The first-order valence-electron chi connectivity index (χ1n) is 6.00. The Kier molecular flexibility index (Phi) is 5.30. The van der Waals surface area contributed by atoms with E-state index in [1.807, 2.05) is 0 Å². The van der Waals surface area contributed by atoms with Crippen LogP contribution in [0.4, 0.5) is 0 Å². The highest BCUT2D eigenvalue weighted by Gasteiger charge is 2.12. The van der Waals surface area contributed by atoms with Crippen molar-refractivity contribution in [2.45, 2.75) is 46.1 Å². The molecular weight excluding hydrogens is 218 g/mol. The van der Waals surface area contributed by atoms with Crippen LogP contribution in [0.15, 0.2) is 24.3 Å². The van der Waals surface area contributed by atoms with Gasteiger partial charge in [-0.15, -0.1) is 0 Å². The summed E-state index contributed by atoms with van der Waals surface area (Å²) in [5, 5.41) is 0. The highest BCUT2D eigenvalue weighted by molar-refractivity contribution is 6.13. The molecule has 0 aliphatic heterocycles. The molecule has 1 aromatic rings. The van der Waals surface area contributed by atoms with Crippen molar-refractivity contribution in [3.8, 4) is 0 Å². The quantitative estimate of drug-likeness (QED) is 0.739. The molecule has 2 heteroatoms. The predicted molar refractivity (Wildman–Crippen MR) is 71.7 cm³/mol. The van der Waals surface area contributed by atoms with Gasteiger partial charge in [-0.1, -0.05) is 52.0 Å². The van der Waals surface area contributed by atoms with Crippen molar-refractivity contribution in [2.75, 3.05) is 0 Å². The van der Waals surface area contributed by atoms with Crippen molar-refractivity contribution < 1.29 is 0 Å². The van der Waals surface area contributed by atoms with E-state index in [1.54, 1.807) is 0 Å². The topological polar surface area (TPSA) is 12.0 Å². The maximum Gasteiger partial charge on any atom is 0.0472 e. The Morgan fingerprint density at radius 2 is 1.75 bits per heavy atom. The van der Waals surface area contributed by atoms with Crippen LogP contribution >= 0.6 is 11.8 Å². The Hall–Kier alpha value is -0.530. The van der Waals surface area contributed by atoms with Crippen molar-refractivity contribution in [1.29, 1.82) is 0 Å². The molecule has 1 N–H and O–H groups in total. The zero-order chi connectivity index (χ0) is 12.1. The molecule has 1 aromatic carbocycles. The van der Waals surface area contributed by atoms with E-state index in [0.29, 0.717) is 11.8 Å². The van der Waals surface area contributed by atoms with E-state index in [2.05, 4.69) is 56.8 Å². The molecule has 0 saturated carbocycles. The molecule has 0 bridgehead atoms. The van der Waals surface area contributed by atoms with Gasteiger partial charge < -0.3 is 0 Å². The minimum atomic E-state index is 0.250. The smallest absolute Gasteiger partial charge is 0.0472 e. The monoisotopic (exact) mass is 239 g/mol. The molecule has 1 nitrogen and oxygen atoms in total. The van der Waals surface area contributed by atoms with Gasteiger partial charge >= 0.3 is 0 Å². The molecule has 0 fully saturated rings. The molecule has 90 valence electrons. The van der Waals surface area contributed by atoms with E-state index in [-0.39, 0.29) is 6.04 Å². The Labute approximate surface area is 104 Å². The highest BCUT2D eigenvalue weighted by atomic mass is 35.5. The van der Waals surface area contributed by atoms with Gasteiger partial charge in [0.2, 0.25) is 0 Å². The van der Waals surface area contributed by atoms with Crippen LogP contribution in [-0.2, 0) is 0 Å². The molecule has 0 saturated heterocycles. The van der Waals surface area contributed by atoms with Crippen molar-refractivity contribution in [2.24, 2.45) is 5.92 Å². The molecule has 0 spiro atoms. The lowest BCUT2D eigenvalue weighted by Gasteiger charge is -2.18. The van der Waals surface area contributed by atoms with Gasteiger partial charge in [-0.2, -0.15) is 0 Å². The summed E-state index contributed by atoms with van der Waals surface area (Å²) in [4.78, 5) is 2.89. The molecule has 0 aliphatic rings. The molecule has 16 heavy (non-hydrogen) atoms. The first kappa shape index (κ1) is 13.5. The zero-order valence-electron chi connectivity index (χ0n) is 10.6. The third-order valence-electron chi connectivity index (χ3n) is 2.82. The van der Waals surface area contributed by atoms with Crippen LogP contribution < -0.4 is 4.84 Å². The van der Waals surface area contributed by atoms with E-state index in [4.69, 9.17) is 11.8 Å². The third kappa shape index (κ3) is 3.80. The summed E-state index contributed by atoms with van der Waals surface area (Å²) in [5.41, 5.74) is 2.66. The van der Waals surface area contributed by atoms with Crippen LogP contribution in [0.5, 0.6) is 0 Å². The number of rotatable bonds is 5. The van der Waals surface area contributed by atoms with Crippen molar-refractivity contribution in [3.63, 3.8) is 0 Å². The Morgan fingerprint density at radius 3 is 2.25 bits per heavy atom. The van der Waals surface area contributed by atoms with Gasteiger partial charge in [0.15, 0.2) is 0 Å². The lowest BCUT2D eigenvalue weighted by molar-refractivity contribution is 0.487. The number of benzene rings is 1. The number of hydrogen-bond donors (Lipinski definition) is 1. The lowest BCUT2D eigenvalue weighted by atomic mass is 9.94. The standard InChI is InChI=1S/C14H22ClN/c1-10(2)8-14(16-15)13-7-5-6-12(9-13)11(3)4/h5-7,9-11,14,16H,8H2,1-4H3/t14-/m0/s1. The average molecular weight is 240 g/mol. The van der Waals surface area contributed by atoms with Gasteiger partial charge in [0, 0.05) is 6.04 Å². The molecule has 0 heterocycles. The Bertz CT molecular complexity index is 320. The molecule has 0 aliphatic carbocycles. The fraction of sp³-hybridized carbons (Fsp3) is 0.571. The summed E-state index contributed by atoms with van der Waals surface area (Å²) < 4.78 is 0. The summed E-state index contributed by atoms with van der Waals surface area (Å²) in [6, 6.07) is 8.95. The normalized spacial score (nSPS) is 13.4. The van der Waals surface area contributed by atoms with Gasteiger partial charge in [0.05, 0.1) is 0 Å². The fourth-order valence-corrected chi connectivity index (χ4v) is 2.06. The third-order valence-corrected chi connectivity index (χ3v) is 3.08. The van der Waals surface area contributed by atoms with Crippen LogP contribution in [0.2, 0.25) is 0 Å². The van der Waals surface area contributed by atoms with Crippen molar-refractivity contribution in [1.82, 2.24) is 4.84 Å². The lowest BCUT2D eigenvalue weighted by Crippen LogP contribution is -2.14. The van der Waals surface area contributed by atoms with Gasteiger partial charge in [0.1, 0.15) is 0 Å². The second kappa shape index (κ2) is 6.27. The fourth-order valence-electron chi connectivity index (χ4n) is 1.85. The summed E-state index contributed by atoms with van der Waals surface area (Å²) in [7, 11) is 0. The minimum absolute atomic E-state index is 0.250. The number of hydrogen-bond acceptors (Lipinski definition) is 1. The van der Waals surface area contributed by atoms with Crippen molar-refractivity contribution in [3.05, 3.63) is 35.4 Å². The summed E-state index contributed by atoms with van der Waals surface area (Å²) in [6.07, 6.45) is 1.06. The largest absolute Gasteiger partial charge is 0.226 e. The van der Waals surface area contributed by atoms with Crippen LogP contribution in [0, 0.1) is 5.92 Å². The molecule has 0 radical (unpaired) electrons. The highest BCUT2D eigenvalue weighted by Crippen LogP contribution is 2.25. The first-order valence-corrected chi connectivity index (χ1v) is 6.38. The summed E-state index contributed by atoms with van der Waals surface area (Å²) in [5.74, 6) is 1.20. The van der Waals surface area contributed by atoms with Gasteiger partial charge in [-0.3, -0.25) is 0 Å². The molecule has 0 amide bonds. The van der Waals surface area contributed by atoms with E-state index in [9.17, 15) is 0 Å². The van der Waals surface area contributed by atoms with Crippen LogP contribution in [0.3, 0.4) is 0 Å². The minimum Gasteiger partial charge on any atom is -0.226 e. The molecule has 0 unspecified atom stereocenters. The second-order valence-electron chi connectivity index (χ2n) is 5.12. The van der Waals surface area contributed by atoms with Gasteiger partial charge in [-0.05, 0) is 41.2 Å². The molecule has 0 aromatic heterocycles. The number of halogens is 1. The van der Waals surface area contributed by atoms with E-state index >= 15 is 0 Å². The van der Waals surface area contributed by atoms with Crippen LogP contribution in [-0.4, -0.2) is 0 Å². The molecule has 1 atom stereocenters. The van der Waals surface area contributed by atoms with Gasteiger partial charge in [-0.25, -0.2) is 4.84 Å². The maximum atomic E-state index is 5.83. The zero-order valence-corrected chi connectivity index (χ0v) is 11.4. The molecule has 1 rings (SSSR count). The van der Waals surface area contributed by atoms with Crippen molar-refractivity contribution >= 4 is 11.8 Å². The first-order chi connectivity index (χ1) is 7.54. The van der Waals surface area contributed by atoms with E-state index in [1.165, 1.54) is 11.1 Å². The Balaban J connectivity index is 2.87. The van der Waals surface area contributed by atoms with E-state index in [0.717, 1.165) is 6.42 Å². The summed E-state index contributed by atoms with van der Waals surface area (Å²) >= 11 is 5.83. The number of nitrogens with one attached hydrogen (secondary N) is 1. The Morgan fingerprint density at radius 1 is 1.12 bits per heavy atom. The van der Waals surface area contributed by atoms with Crippen LogP contribution in [0.1, 0.15) is 57.2 Å². The van der Waals surface area contributed by atoms with Crippen LogP contribution in [0.25, 0.3) is 0 Å². The summed E-state index contributed by atoms with van der Waals surface area (Å²) in [6.45, 7) is 8.86.